The van der Waals surface area contributed by atoms with Gasteiger partial charge < -0.3 is 9.90 Å². The number of benzene rings is 1. The highest BCUT2D eigenvalue weighted by atomic mass is 16.4. The molecule has 2 aliphatic carbocycles. The van der Waals surface area contributed by atoms with Gasteiger partial charge in [0.15, 0.2) is 0 Å². The van der Waals surface area contributed by atoms with Crippen molar-refractivity contribution >= 4 is 17.8 Å². The first kappa shape index (κ1) is 14.4. The first-order valence-electron chi connectivity index (χ1n) is 8.19. The summed E-state index contributed by atoms with van der Waals surface area (Å²) in [7, 11) is 0. The first-order valence-corrected chi connectivity index (χ1v) is 8.19. The van der Waals surface area contributed by atoms with E-state index < -0.39 is 12.0 Å². The number of hydrogen-bond donors (Lipinski definition) is 0. The highest BCUT2D eigenvalue weighted by Crippen LogP contribution is 2.56. The second kappa shape index (κ2) is 5.18. The third-order valence-corrected chi connectivity index (χ3v) is 5.82. The summed E-state index contributed by atoms with van der Waals surface area (Å²) in [6.45, 7) is 0. The Bertz CT molecular complexity index is 643. The van der Waals surface area contributed by atoms with Crippen molar-refractivity contribution in [2.24, 2.45) is 23.7 Å². The number of hydrogen-bond acceptors (Lipinski definition) is 4. The summed E-state index contributed by atoms with van der Waals surface area (Å²) in [5, 5.41) is 11.6. The van der Waals surface area contributed by atoms with Crippen molar-refractivity contribution in [3.63, 3.8) is 0 Å². The number of carbonyl (C=O) groups is 3. The van der Waals surface area contributed by atoms with E-state index in [9.17, 15) is 19.5 Å². The molecule has 0 N–H and O–H groups in total. The number of aliphatic carboxylic acids is 1. The Hall–Kier alpha value is -2.17. The van der Waals surface area contributed by atoms with Gasteiger partial charge in [-0.25, -0.2) is 0 Å². The molecule has 5 nitrogen and oxygen atoms in total. The molecule has 4 rings (SSSR count). The van der Waals surface area contributed by atoms with Gasteiger partial charge in [0.25, 0.3) is 0 Å². The molecule has 2 bridgehead atoms. The Labute approximate surface area is 134 Å². The lowest BCUT2D eigenvalue weighted by molar-refractivity contribution is -0.310. The summed E-state index contributed by atoms with van der Waals surface area (Å²) in [5.74, 6) is -2.02. The molecule has 5 heteroatoms. The molecule has 0 aromatic heterocycles. The molecule has 0 unspecified atom stereocenters. The minimum absolute atomic E-state index is 0.107. The number of carboxylic acids is 1. The van der Waals surface area contributed by atoms with Crippen molar-refractivity contribution in [3.05, 3.63) is 35.9 Å². The lowest BCUT2D eigenvalue weighted by Crippen LogP contribution is -2.52. The molecule has 1 aliphatic heterocycles. The number of imide groups is 1. The van der Waals surface area contributed by atoms with Crippen molar-refractivity contribution in [2.45, 2.75) is 31.7 Å². The van der Waals surface area contributed by atoms with E-state index in [1.54, 1.807) is 12.1 Å². The van der Waals surface area contributed by atoms with Crippen LogP contribution in [0.1, 0.15) is 24.8 Å². The van der Waals surface area contributed by atoms with Gasteiger partial charge >= 0.3 is 0 Å². The van der Waals surface area contributed by atoms with Gasteiger partial charge in [-0.3, -0.25) is 14.5 Å². The van der Waals surface area contributed by atoms with E-state index in [0.717, 1.165) is 29.7 Å². The molecule has 3 fully saturated rings. The number of carbonyl (C=O) groups excluding carboxylic acids is 3. The quantitative estimate of drug-likeness (QED) is 0.753. The Morgan fingerprint density at radius 2 is 1.65 bits per heavy atom. The minimum Gasteiger partial charge on any atom is -0.548 e. The lowest BCUT2D eigenvalue weighted by Gasteiger charge is -2.28. The predicted octanol–water partition coefficient (Wildman–Crippen LogP) is 0.379. The zero-order valence-electron chi connectivity index (χ0n) is 12.7. The minimum atomic E-state index is -1.36. The van der Waals surface area contributed by atoms with Crippen LogP contribution in [0.3, 0.4) is 0 Å². The average molecular weight is 312 g/mol. The van der Waals surface area contributed by atoms with Gasteiger partial charge in [-0.1, -0.05) is 30.3 Å². The fourth-order valence-corrected chi connectivity index (χ4v) is 4.86. The summed E-state index contributed by atoms with van der Waals surface area (Å²) in [5.41, 5.74) is 0.780. The number of likely N-dealkylation sites (tertiary alicyclic amines) is 1. The van der Waals surface area contributed by atoms with Crippen molar-refractivity contribution in [1.82, 2.24) is 4.90 Å². The van der Waals surface area contributed by atoms with Crippen LogP contribution in [-0.2, 0) is 20.8 Å². The molecule has 2 saturated carbocycles. The van der Waals surface area contributed by atoms with Crippen LogP contribution >= 0.6 is 0 Å². The van der Waals surface area contributed by atoms with Crippen LogP contribution in [-0.4, -0.2) is 28.7 Å². The number of rotatable bonds is 4. The molecule has 3 aliphatic rings. The average Bonchev–Trinajstić information content (AvgIpc) is 3.21. The molecule has 23 heavy (non-hydrogen) atoms. The topological polar surface area (TPSA) is 77.5 Å². The van der Waals surface area contributed by atoms with Crippen LogP contribution < -0.4 is 5.11 Å². The Balaban J connectivity index is 1.63. The molecular formula is C18H18NO4-. The summed E-state index contributed by atoms with van der Waals surface area (Å²) in [6, 6.07) is 7.85. The Morgan fingerprint density at radius 3 is 2.17 bits per heavy atom. The predicted molar refractivity (Wildman–Crippen MR) is 78.6 cm³/mol. The van der Waals surface area contributed by atoms with Crippen molar-refractivity contribution in [3.8, 4) is 0 Å². The zero-order valence-corrected chi connectivity index (χ0v) is 12.7. The molecule has 1 aromatic rings. The lowest BCUT2D eigenvalue weighted by atomic mass is 9.81. The van der Waals surface area contributed by atoms with Crippen molar-refractivity contribution in [1.29, 1.82) is 0 Å². The van der Waals surface area contributed by atoms with E-state index >= 15 is 0 Å². The van der Waals surface area contributed by atoms with E-state index in [-0.39, 0.29) is 41.9 Å². The molecule has 0 spiro atoms. The first-order chi connectivity index (χ1) is 11.1. The van der Waals surface area contributed by atoms with Gasteiger partial charge in [0, 0.05) is 0 Å². The van der Waals surface area contributed by atoms with E-state index in [1.807, 2.05) is 18.2 Å². The molecule has 0 radical (unpaired) electrons. The van der Waals surface area contributed by atoms with Gasteiger partial charge in [-0.05, 0) is 43.1 Å². The van der Waals surface area contributed by atoms with E-state index in [1.165, 1.54) is 0 Å². The third-order valence-electron chi connectivity index (χ3n) is 5.82. The number of nitrogens with zero attached hydrogens (tertiary/aromatic N) is 1. The highest BCUT2D eigenvalue weighted by molar-refractivity contribution is 6.08. The SMILES string of the molecule is O=C([O-])[C@H](Cc1ccccc1)N1C(=O)[C@@H]2[C@H]3CC[C@@H](C3)[C@@H]2C1=O. The van der Waals surface area contributed by atoms with Crippen LogP contribution in [0.4, 0.5) is 0 Å². The number of carboxylic acid groups (broad SMARTS) is 1. The van der Waals surface area contributed by atoms with Crippen LogP contribution in [0.5, 0.6) is 0 Å². The van der Waals surface area contributed by atoms with Crippen molar-refractivity contribution < 1.29 is 19.5 Å². The summed E-state index contributed by atoms with van der Waals surface area (Å²) in [6.07, 6.45) is 3.01. The van der Waals surface area contributed by atoms with Gasteiger partial charge in [0.1, 0.15) is 0 Å². The third kappa shape index (κ3) is 2.10. The summed E-state index contributed by atoms with van der Waals surface area (Å²) in [4.78, 5) is 38.1. The Kier molecular flexibility index (Phi) is 3.25. The van der Waals surface area contributed by atoms with E-state index in [0.29, 0.717) is 0 Å². The zero-order chi connectivity index (χ0) is 16.1. The van der Waals surface area contributed by atoms with Gasteiger partial charge in [0.2, 0.25) is 11.8 Å². The van der Waals surface area contributed by atoms with Gasteiger partial charge in [-0.2, -0.15) is 0 Å². The fraction of sp³-hybridized carbons (Fsp3) is 0.500. The standard InChI is InChI=1S/C18H19NO4/c20-16-14-11-6-7-12(9-11)15(14)17(21)19(16)13(18(22)23)8-10-4-2-1-3-5-10/h1-5,11-15H,6-9H2,(H,22,23)/p-1/t11-,12-,13-,14-,15+/m0/s1. The number of amides is 2. The highest BCUT2D eigenvalue weighted by Gasteiger charge is 2.61. The smallest absolute Gasteiger partial charge is 0.234 e. The second-order valence-electron chi connectivity index (χ2n) is 6.96. The van der Waals surface area contributed by atoms with Crippen molar-refractivity contribution in [2.75, 3.05) is 0 Å². The van der Waals surface area contributed by atoms with Gasteiger partial charge in [0.05, 0.1) is 23.8 Å². The normalized spacial score (nSPS) is 33.1. The molecule has 1 aromatic carbocycles. The number of fused-ring (bicyclic) bond motifs is 5. The largest absolute Gasteiger partial charge is 0.548 e. The molecule has 1 heterocycles. The second-order valence-corrected chi connectivity index (χ2v) is 6.96. The van der Waals surface area contributed by atoms with E-state index in [2.05, 4.69) is 0 Å². The Morgan fingerprint density at radius 1 is 1.09 bits per heavy atom. The maximum atomic E-state index is 12.7. The monoisotopic (exact) mass is 312 g/mol. The van der Waals surface area contributed by atoms with Crippen LogP contribution in [0.15, 0.2) is 30.3 Å². The summed E-state index contributed by atoms with van der Waals surface area (Å²) >= 11 is 0. The van der Waals surface area contributed by atoms with Crippen LogP contribution in [0.25, 0.3) is 0 Å². The molecular weight excluding hydrogens is 294 g/mol. The van der Waals surface area contributed by atoms with Gasteiger partial charge in [-0.15, -0.1) is 0 Å². The molecule has 2 amide bonds. The molecule has 120 valence electrons. The van der Waals surface area contributed by atoms with Crippen LogP contribution in [0.2, 0.25) is 0 Å². The molecule has 5 atom stereocenters. The maximum absolute atomic E-state index is 12.7. The maximum Gasteiger partial charge on any atom is 0.234 e. The van der Waals surface area contributed by atoms with Crippen LogP contribution in [0, 0.1) is 23.7 Å². The summed E-state index contributed by atoms with van der Waals surface area (Å²) < 4.78 is 0. The fourth-order valence-electron chi connectivity index (χ4n) is 4.86. The van der Waals surface area contributed by atoms with E-state index in [4.69, 9.17) is 0 Å². The molecule has 1 saturated heterocycles.